The number of hydrogen-bond acceptors (Lipinski definition) is 7. The van der Waals surface area contributed by atoms with Gasteiger partial charge in [0.25, 0.3) is 11.5 Å². The number of halogens is 1. The van der Waals surface area contributed by atoms with Gasteiger partial charge in [-0.15, -0.1) is 0 Å². The number of allylic oxidation sites excluding steroid dienone is 1. The number of benzene rings is 3. The predicted molar refractivity (Wildman–Crippen MR) is 162 cm³/mol. The summed E-state index contributed by atoms with van der Waals surface area (Å²) < 4.78 is 13.9. The van der Waals surface area contributed by atoms with Gasteiger partial charge >= 0.3 is 5.97 Å². The Morgan fingerprint density at radius 1 is 1.10 bits per heavy atom. The molecule has 10 heteroatoms. The Balaban J connectivity index is 1.74. The number of anilines is 1. The molecule has 0 saturated carbocycles. The summed E-state index contributed by atoms with van der Waals surface area (Å²) in [6.45, 7) is 5.99. The van der Waals surface area contributed by atoms with E-state index in [0.717, 1.165) is 32.3 Å². The second-order valence-electron chi connectivity index (χ2n) is 9.61. The van der Waals surface area contributed by atoms with E-state index in [1.54, 1.807) is 25.9 Å². The van der Waals surface area contributed by atoms with Gasteiger partial charge in [-0.1, -0.05) is 57.6 Å². The molecule has 0 fully saturated rings. The molecule has 1 atom stereocenters. The van der Waals surface area contributed by atoms with Gasteiger partial charge in [-0.3, -0.25) is 14.2 Å². The second kappa shape index (κ2) is 10.4. The topological polar surface area (TPSA) is 90.2 Å². The Morgan fingerprint density at radius 2 is 1.88 bits per heavy atom. The van der Waals surface area contributed by atoms with Crippen LogP contribution in [0.4, 0.5) is 5.69 Å². The highest BCUT2D eigenvalue weighted by Crippen LogP contribution is 2.41. The van der Waals surface area contributed by atoms with E-state index in [4.69, 9.17) is 14.5 Å². The van der Waals surface area contributed by atoms with Gasteiger partial charge in [-0.25, -0.2) is 9.79 Å². The lowest BCUT2D eigenvalue weighted by Crippen LogP contribution is -2.41. The normalized spacial score (nSPS) is 17.4. The fourth-order valence-corrected chi connectivity index (χ4v) is 7.19. The summed E-state index contributed by atoms with van der Waals surface area (Å²) in [6.07, 6.45) is 0. The molecule has 0 bridgehead atoms. The van der Waals surface area contributed by atoms with Gasteiger partial charge in [0.05, 0.1) is 36.2 Å². The minimum Gasteiger partial charge on any atom is -0.496 e. The van der Waals surface area contributed by atoms with Crippen molar-refractivity contribution >= 4 is 61.2 Å². The van der Waals surface area contributed by atoms with E-state index in [9.17, 15) is 14.4 Å². The molecule has 3 heterocycles. The van der Waals surface area contributed by atoms with E-state index < -0.39 is 17.6 Å². The van der Waals surface area contributed by atoms with Crippen molar-refractivity contribution in [1.82, 2.24) is 4.57 Å². The molecule has 8 nitrogen and oxygen atoms in total. The Morgan fingerprint density at radius 3 is 2.61 bits per heavy atom. The molecule has 208 valence electrons. The number of amides is 1. The van der Waals surface area contributed by atoms with Crippen molar-refractivity contribution in [2.75, 3.05) is 25.2 Å². The largest absolute Gasteiger partial charge is 0.496 e. The van der Waals surface area contributed by atoms with Crippen LogP contribution >= 0.6 is 27.3 Å². The molecule has 0 N–H and O–H groups in total. The Labute approximate surface area is 248 Å². The van der Waals surface area contributed by atoms with Crippen molar-refractivity contribution in [2.24, 2.45) is 4.99 Å². The lowest BCUT2D eigenvalue weighted by molar-refractivity contribution is -0.139. The standard InChI is InChI=1S/C31H26BrN3O5S/c1-5-34-21-13-12-18(32)15-20(21)25(28(34)36)27-29(37)35-26(23(30(38)40-6-2)16(3)33-31(35)41-27)24-19-10-8-7-9-17(19)11-14-22(24)39-4/h7-15,26H,5-6H2,1-4H3/b27-25+/t26-/m0/s1. The number of esters is 1. The second-order valence-corrected chi connectivity index (χ2v) is 11.5. The Kier molecular flexibility index (Phi) is 6.91. The molecule has 0 radical (unpaired) electrons. The number of carbonyl (C=O) groups is 2. The highest BCUT2D eigenvalue weighted by Gasteiger charge is 2.38. The summed E-state index contributed by atoms with van der Waals surface area (Å²) in [7, 11) is 1.56. The predicted octanol–water partition coefficient (Wildman–Crippen LogP) is 4.46. The molecule has 1 aromatic heterocycles. The fraction of sp³-hybridized carbons (Fsp3) is 0.226. The number of carbonyl (C=O) groups excluding carboxylic acids is 2. The third-order valence-corrected chi connectivity index (χ3v) is 8.98. The van der Waals surface area contributed by atoms with E-state index in [1.807, 2.05) is 61.5 Å². The van der Waals surface area contributed by atoms with Crippen LogP contribution in [0.2, 0.25) is 0 Å². The van der Waals surface area contributed by atoms with Crippen molar-refractivity contribution in [2.45, 2.75) is 26.8 Å². The van der Waals surface area contributed by atoms with Crippen LogP contribution in [0.3, 0.4) is 0 Å². The lowest BCUT2D eigenvalue weighted by Gasteiger charge is -2.27. The first kappa shape index (κ1) is 27.2. The lowest BCUT2D eigenvalue weighted by atomic mass is 9.90. The zero-order valence-corrected chi connectivity index (χ0v) is 25.3. The first-order chi connectivity index (χ1) is 19.8. The van der Waals surface area contributed by atoms with Crippen LogP contribution in [0.1, 0.15) is 37.9 Å². The van der Waals surface area contributed by atoms with E-state index in [0.29, 0.717) is 39.5 Å². The first-order valence-corrected chi connectivity index (χ1v) is 14.8. The maximum absolute atomic E-state index is 14.5. The number of thiazole rings is 1. The Hall–Kier alpha value is -4.02. The molecule has 1 amide bonds. The van der Waals surface area contributed by atoms with Crippen LogP contribution in [0.15, 0.2) is 80.1 Å². The van der Waals surface area contributed by atoms with Crippen LogP contribution in [0.5, 0.6) is 5.75 Å². The number of methoxy groups -OCH3 is 1. The van der Waals surface area contributed by atoms with Gasteiger partial charge < -0.3 is 14.4 Å². The maximum Gasteiger partial charge on any atom is 0.338 e. The molecule has 0 spiro atoms. The third-order valence-electron chi connectivity index (χ3n) is 7.44. The number of likely N-dealkylation sites (N-methyl/N-ethyl adjacent to an activating group) is 1. The van der Waals surface area contributed by atoms with Crippen molar-refractivity contribution in [3.05, 3.63) is 101 Å². The van der Waals surface area contributed by atoms with Gasteiger partial charge in [-0.05, 0) is 55.8 Å². The van der Waals surface area contributed by atoms with Crippen LogP contribution in [0.25, 0.3) is 16.3 Å². The number of hydrogen-bond donors (Lipinski definition) is 0. The minimum absolute atomic E-state index is 0.163. The van der Waals surface area contributed by atoms with Gasteiger partial charge in [0.2, 0.25) is 0 Å². The molecule has 6 rings (SSSR count). The minimum atomic E-state index is -0.888. The van der Waals surface area contributed by atoms with Crippen molar-refractivity contribution in [1.29, 1.82) is 0 Å². The summed E-state index contributed by atoms with van der Waals surface area (Å²) in [6, 6.07) is 16.2. The van der Waals surface area contributed by atoms with Crippen LogP contribution < -0.4 is 24.5 Å². The molecule has 0 saturated heterocycles. The highest BCUT2D eigenvalue weighted by atomic mass is 79.9. The van der Waals surface area contributed by atoms with Crippen molar-refractivity contribution in [3.63, 3.8) is 0 Å². The fourth-order valence-electron chi connectivity index (χ4n) is 5.69. The summed E-state index contributed by atoms with van der Waals surface area (Å²) in [4.78, 5) is 48.4. The van der Waals surface area contributed by atoms with Crippen LogP contribution in [-0.4, -0.2) is 36.7 Å². The van der Waals surface area contributed by atoms with Gasteiger partial charge in [-0.2, -0.15) is 0 Å². The van der Waals surface area contributed by atoms with E-state index in [1.165, 1.54) is 4.57 Å². The SMILES string of the molecule is CCOC(=O)C1=C(C)N=c2s/c(=C3/C(=O)N(CC)c4ccc(Br)cc43)c(=O)n2[C@@H]1c1c(OC)ccc2ccccc12. The van der Waals surface area contributed by atoms with Crippen LogP contribution in [-0.2, 0) is 14.3 Å². The molecule has 2 aliphatic rings. The van der Waals surface area contributed by atoms with E-state index >= 15 is 0 Å². The average Bonchev–Trinajstić information content (AvgIpc) is 3.42. The van der Waals surface area contributed by atoms with Crippen molar-refractivity contribution < 1.29 is 19.1 Å². The number of aromatic nitrogens is 1. The van der Waals surface area contributed by atoms with Gasteiger partial charge in [0.1, 0.15) is 16.3 Å². The number of rotatable bonds is 5. The zero-order chi connectivity index (χ0) is 29.0. The highest BCUT2D eigenvalue weighted by molar-refractivity contribution is 9.10. The molecular formula is C31H26BrN3O5S. The molecular weight excluding hydrogens is 606 g/mol. The van der Waals surface area contributed by atoms with E-state index in [-0.39, 0.29) is 22.6 Å². The Bertz CT molecular complexity index is 1990. The zero-order valence-electron chi connectivity index (χ0n) is 22.9. The summed E-state index contributed by atoms with van der Waals surface area (Å²) in [5.74, 6) is -0.284. The molecule has 4 aromatic rings. The molecule has 3 aromatic carbocycles. The molecule has 41 heavy (non-hydrogen) atoms. The third kappa shape index (κ3) is 4.16. The number of fused-ring (bicyclic) bond motifs is 3. The maximum atomic E-state index is 14.5. The van der Waals surface area contributed by atoms with Crippen LogP contribution in [0, 0.1) is 0 Å². The monoisotopic (exact) mass is 631 g/mol. The molecule has 0 aliphatic carbocycles. The summed E-state index contributed by atoms with van der Waals surface area (Å²) in [5.41, 5.74) is 2.69. The van der Waals surface area contributed by atoms with Crippen molar-refractivity contribution in [3.8, 4) is 5.75 Å². The number of nitrogens with zero attached hydrogens (tertiary/aromatic N) is 3. The van der Waals surface area contributed by atoms with Gasteiger partial charge in [0.15, 0.2) is 4.80 Å². The molecule has 2 aliphatic heterocycles. The quantitative estimate of drug-likeness (QED) is 0.303. The summed E-state index contributed by atoms with van der Waals surface area (Å²) >= 11 is 4.66. The molecule has 0 unspecified atom stereocenters. The number of ether oxygens (including phenoxy) is 2. The van der Waals surface area contributed by atoms with E-state index in [2.05, 4.69) is 15.9 Å². The average molecular weight is 633 g/mol. The summed E-state index contributed by atoms with van der Waals surface area (Å²) in [5, 5.41) is 1.75. The first-order valence-electron chi connectivity index (χ1n) is 13.2. The van der Waals surface area contributed by atoms with Gasteiger partial charge in [0, 0.05) is 22.1 Å². The smallest absolute Gasteiger partial charge is 0.338 e.